The van der Waals surface area contributed by atoms with Gasteiger partial charge in [0.05, 0.1) is 12.6 Å². The molecule has 2 N–H and O–H groups in total. The number of nitrogens with one attached hydrogen (secondary N) is 1. The maximum absolute atomic E-state index is 9.78. The van der Waals surface area contributed by atoms with Crippen LogP contribution in [0.1, 0.15) is 32.8 Å². The molecule has 0 bridgehead atoms. The molecule has 0 spiro atoms. The number of benzene rings is 1. The van der Waals surface area contributed by atoms with Gasteiger partial charge < -0.3 is 25.0 Å². The van der Waals surface area contributed by atoms with Crippen LogP contribution in [0.2, 0.25) is 0 Å². The van der Waals surface area contributed by atoms with E-state index in [2.05, 4.69) is 42.0 Å². The number of hydrogen-bond donors (Lipinski definition) is 2. The number of β-amino-alcohol motifs (C(OH)–C–C–N with tert-alkyl or cyclic N) is 1. The van der Waals surface area contributed by atoms with Gasteiger partial charge in [-0.2, -0.15) is 0 Å². The fraction of sp³-hybridized carbons (Fsp3) is 0.650. The molecule has 0 amide bonds. The van der Waals surface area contributed by atoms with Crippen molar-refractivity contribution in [2.75, 3.05) is 45.9 Å². The number of aliphatic hydroxyl groups excluding tert-OH is 1. The molecule has 154 valence electrons. The Balaban J connectivity index is 0.00000364. The van der Waals surface area contributed by atoms with Gasteiger partial charge in [-0.25, -0.2) is 4.99 Å². The maximum Gasteiger partial charge on any atom is 0.194 e. The Morgan fingerprint density at radius 3 is 2.67 bits per heavy atom. The van der Waals surface area contributed by atoms with Gasteiger partial charge in [0.15, 0.2) is 5.96 Å². The fourth-order valence-electron chi connectivity index (χ4n) is 3.12. The van der Waals surface area contributed by atoms with E-state index in [1.807, 2.05) is 18.2 Å². The number of likely N-dealkylation sites (N-methyl/N-ethyl adjacent to an activating group) is 1. The summed E-state index contributed by atoms with van der Waals surface area (Å²) in [5.74, 6) is 1.77. The summed E-state index contributed by atoms with van der Waals surface area (Å²) in [5.41, 5.74) is 1.09. The predicted octanol–water partition coefficient (Wildman–Crippen LogP) is 2.56. The van der Waals surface area contributed by atoms with Crippen molar-refractivity contribution in [2.45, 2.75) is 39.8 Å². The lowest BCUT2D eigenvalue weighted by Crippen LogP contribution is -2.40. The van der Waals surface area contributed by atoms with E-state index in [9.17, 15) is 5.11 Å². The Morgan fingerprint density at radius 2 is 2.04 bits per heavy atom. The van der Waals surface area contributed by atoms with E-state index in [0.717, 1.165) is 56.4 Å². The molecule has 1 fully saturated rings. The molecule has 0 aromatic heterocycles. The first-order chi connectivity index (χ1) is 12.7. The number of aliphatic hydroxyl groups is 1. The third-order valence-electron chi connectivity index (χ3n) is 4.73. The molecule has 7 heteroatoms. The number of rotatable bonds is 9. The average Bonchev–Trinajstić information content (AvgIpc) is 3.09. The molecule has 1 aliphatic rings. The van der Waals surface area contributed by atoms with E-state index in [0.29, 0.717) is 19.7 Å². The molecule has 0 radical (unpaired) electrons. The molecule has 0 saturated carbocycles. The molecule has 27 heavy (non-hydrogen) atoms. The summed E-state index contributed by atoms with van der Waals surface area (Å²) >= 11 is 0. The summed E-state index contributed by atoms with van der Waals surface area (Å²) in [6.45, 7) is 13.0. The standard InChI is InChI=1S/C20H34N4O2.HI/c1-4-21-20(24-12-11-18(25)16-24)22-15-17-9-7-8-10-19(17)26-14-13-23(5-2)6-3;/h7-10,18,25H,4-6,11-16H2,1-3H3,(H,21,22);1H/t18-;/m1./s1. The second-order valence-electron chi connectivity index (χ2n) is 6.54. The molecule has 1 atom stereocenters. The number of hydrogen-bond acceptors (Lipinski definition) is 4. The molecular weight excluding hydrogens is 455 g/mol. The summed E-state index contributed by atoms with van der Waals surface area (Å²) in [4.78, 5) is 9.24. The Kier molecular flexibility index (Phi) is 11.7. The van der Waals surface area contributed by atoms with Crippen molar-refractivity contribution < 1.29 is 9.84 Å². The Morgan fingerprint density at radius 1 is 1.30 bits per heavy atom. The average molecular weight is 490 g/mol. The lowest BCUT2D eigenvalue weighted by molar-refractivity contribution is 0.187. The summed E-state index contributed by atoms with van der Waals surface area (Å²) in [6.07, 6.45) is 0.546. The van der Waals surface area contributed by atoms with Gasteiger partial charge in [0.2, 0.25) is 0 Å². The molecule has 0 unspecified atom stereocenters. The van der Waals surface area contributed by atoms with Gasteiger partial charge in [-0.05, 0) is 32.5 Å². The first kappa shape index (κ1) is 24.0. The minimum atomic E-state index is -0.255. The van der Waals surface area contributed by atoms with Gasteiger partial charge in [0, 0.05) is 31.7 Å². The minimum absolute atomic E-state index is 0. The third kappa shape index (κ3) is 7.83. The first-order valence-electron chi connectivity index (χ1n) is 9.82. The number of nitrogens with zero attached hydrogens (tertiary/aromatic N) is 3. The summed E-state index contributed by atoms with van der Waals surface area (Å²) < 4.78 is 6.02. The smallest absolute Gasteiger partial charge is 0.194 e. The van der Waals surface area contributed by atoms with E-state index in [-0.39, 0.29) is 30.1 Å². The third-order valence-corrected chi connectivity index (χ3v) is 4.73. The highest BCUT2D eigenvalue weighted by Crippen LogP contribution is 2.19. The van der Waals surface area contributed by atoms with Gasteiger partial charge >= 0.3 is 0 Å². The van der Waals surface area contributed by atoms with Crippen LogP contribution in [-0.2, 0) is 6.54 Å². The molecule has 0 aliphatic carbocycles. The molecule has 1 aromatic carbocycles. The molecule has 1 heterocycles. The van der Waals surface area contributed by atoms with Crippen molar-refractivity contribution in [1.82, 2.24) is 15.1 Å². The van der Waals surface area contributed by atoms with Crippen LogP contribution in [-0.4, -0.2) is 72.8 Å². The van der Waals surface area contributed by atoms with Crippen LogP contribution in [0.15, 0.2) is 29.3 Å². The van der Waals surface area contributed by atoms with E-state index >= 15 is 0 Å². The quantitative estimate of drug-likeness (QED) is 0.317. The summed E-state index contributed by atoms with van der Waals surface area (Å²) in [6, 6.07) is 8.11. The van der Waals surface area contributed by atoms with Crippen LogP contribution < -0.4 is 10.1 Å². The Bertz CT molecular complexity index is 567. The second-order valence-corrected chi connectivity index (χ2v) is 6.54. The number of para-hydroxylation sites is 1. The second kappa shape index (κ2) is 13.2. The highest BCUT2D eigenvalue weighted by Gasteiger charge is 2.22. The van der Waals surface area contributed by atoms with E-state index in [1.165, 1.54) is 0 Å². The van der Waals surface area contributed by atoms with Crippen molar-refractivity contribution >= 4 is 29.9 Å². The van der Waals surface area contributed by atoms with Gasteiger partial charge in [-0.3, -0.25) is 0 Å². The number of likely N-dealkylation sites (tertiary alicyclic amines) is 1. The molecule has 1 saturated heterocycles. The van der Waals surface area contributed by atoms with Crippen LogP contribution in [0.5, 0.6) is 5.75 Å². The maximum atomic E-state index is 9.78. The Labute approximate surface area is 181 Å². The molecule has 6 nitrogen and oxygen atoms in total. The summed E-state index contributed by atoms with van der Waals surface area (Å²) in [7, 11) is 0. The highest BCUT2D eigenvalue weighted by molar-refractivity contribution is 14.0. The number of guanidine groups is 1. The van der Waals surface area contributed by atoms with Crippen molar-refractivity contribution in [2.24, 2.45) is 4.99 Å². The number of aliphatic imine (C=N–C) groups is 1. The zero-order valence-corrected chi connectivity index (χ0v) is 19.2. The molecule has 1 aliphatic heterocycles. The zero-order valence-electron chi connectivity index (χ0n) is 16.9. The molecule has 1 aromatic rings. The van der Waals surface area contributed by atoms with Crippen LogP contribution >= 0.6 is 24.0 Å². The van der Waals surface area contributed by atoms with Crippen molar-refractivity contribution in [1.29, 1.82) is 0 Å². The number of ether oxygens (including phenoxy) is 1. The lowest BCUT2D eigenvalue weighted by Gasteiger charge is -2.21. The zero-order chi connectivity index (χ0) is 18.8. The van der Waals surface area contributed by atoms with Gasteiger partial charge in [0.1, 0.15) is 12.4 Å². The first-order valence-corrected chi connectivity index (χ1v) is 9.82. The van der Waals surface area contributed by atoms with Crippen molar-refractivity contribution in [3.8, 4) is 5.75 Å². The van der Waals surface area contributed by atoms with Crippen LogP contribution in [0.25, 0.3) is 0 Å². The van der Waals surface area contributed by atoms with Crippen LogP contribution in [0.3, 0.4) is 0 Å². The predicted molar refractivity (Wildman–Crippen MR) is 122 cm³/mol. The fourth-order valence-corrected chi connectivity index (χ4v) is 3.12. The van der Waals surface area contributed by atoms with Crippen molar-refractivity contribution in [3.05, 3.63) is 29.8 Å². The van der Waals surface area contributed by atoms with E-state index < -0.39 is 0 Å². The summed E-state index contributed by atoms with van der Waals surface area (Å²) in [5, 5.41) is 13.1. The SMILES string of the molecule is CCNC(=NCc1ccccc1OCCN(CC)CC)N1CC[C@@H](O)C1.I. The highest BCUT2D eigenvalue weighted by atomic mass is 127. The lowest BCUT2D eigenvalue weighted by atomic mass is 10.2. The normalized spacial score (nSPS) is 17.1. The van der Waals surface area contributed by atoms with Crippen LogP contribution in [0.4, 0.5) is 0 Å². The minimum Gasteiger partial charge on any atom is -0.492 e. The van der Waals surface area contributed by atoms with Crippen molar-refractivity contribution in [3.63, 3.8) is 0 Å². The van der Waals surface area contributed by atoms with Gasteiger partial charge in [-0.15, -0.1) is 24.0 Å². The molecule has 2 rings (SSSR count). The Hall–Kier alpha value is -1.06. The largest absolute Gasteiger partial charge is 0.492 e. The molecular formula is C20H35IN4O2. The van der Waals surface area contributed by atoms with Gasteiger partial charge in [-0.1, -0.05) is 32.0 Å². The van der Waals surface area contributed by atoms with Gasteiger partial charge in [0.25, 0.3) is 0 Å². The topological polar surface area (TPSA) is 60.3 Å². The van der Waals surface area contributed by atoms with E-state index in [4.69, 9.17) is 9.73 Å². The monoisotopic (exact) mass is 490 g/mol. The number of halogens is 1. The van der Waals surface area contributed by atoms with Crippen LogP contribution in [0, 0.1) is 0 Å². The van der Waals surface area contributed by atoms with E-state index in [1.54, 1.807) is 0 Å².